The first-order chi connectivity index (χ1) is 9.52. The summed E-state index contributed by atoms with van der Waals surface area (Å²) >= 11 is 0. The van der Waals surface area contributed by atoms with Gasteiger partial charge in [-0.3, -0.25) is 10.1 Å². The monoisotopic (exact) mass is 272 g/mol. The van der Waals surface area contributed by atoms with Crippen molar-refractivity contribution in [2.75, 3.05) is 5.32 Å². The van der Waals surface area contributed by atoms with Crippen molar-refractivity contribution in [1.82, 2.24) is 5.16 Å². The second-order valence-electron chi connectivity index (χ2n) is 4.26. The van der Waals surface area contributed by atoms with Crippen molar-refractivity contribution in [3.8, 4) is 6.07 Å². The molecule has 0 fully saturated rings. The van der Waals surface area contributed by atoms with E-state index in [1.807, 2.05) is 19.9 Å². The van der Waals surface area contributed by atoms with Gasteiger partial charge in [0, 0.05) is 23.9 Å². The molecule has 0 spiro atoms. The van der Waals surface area contributed by atoms with Gasteiger partial charge in [-0.15, -0.1) is 0 Å². The molecule has 0 saturated heterocycles. The van der Waals surface area contributed by atoms with E-state index in [2.05, 4.69) is 10.5 Å². The van der Waals surface area contributed by atoms with E-state index < -0.39 is 4.92 Å². The topological polar surface area (TPSA) is 105 Å². The molecular formula is C13H12N4O3. The number of anilines is 1. The Labute approximate surface area is 115 Å². The summed E-state index contributed by atoms with van der Waals surface area (Å²) in [6.45, 7) is 4.13. The molecular weight excluding hydrogens is 260 g/mol. The minimum absolute atomic E-state index is 0.0266. The standard InChI is InChI=1S/C13H12N4O3/c1-8-12(9(2)20-16-8)7-15-11-3-4-13(17(18)19)10(5-11)6-14/h3-5,15H,7H2,1-2H3. The van der Waals surface area contributed by atoms with E-state index in [1.165, 1.54) is 12.1 Å². The molecule has 0 amide bonds. The summed E-state index contributed by atoms with van der Waals surface area (Å²) in [5, 5.41) is 26.6. The van der Waals surface area contributed by atoms with Gasteiger partial charge >= 0.3 is 0 Å². The molecule has 0 aliphatic carbocycles. The molecule has 20 heavy (non-hydrogen) atoms. The van der Waals surface area contributed by atoms with Gasteiger partial charge in [-0.25, -0.2) is 0 Å². The lowest BCUT2D eigenvalue weighted by atomic mass is 10.1. The number of aryl methyl sites for hydroxylation is 2. The third-order valence-corrected chi connectivity index (χ3v) is 2.96. The number of nitro benzene ring substituents is 1. The van der Waals surface area contributed by atoms with E-state index in [4.69, 9.17) is 9.78 Å². The van der Waals surface area contributed by atoms with Crippen molar-refractivity contribution in [3.63, 3.8) is 0 Å². The minimum Gasteiger partial charge on any atom is -0.381 e. The SMILES string of the molecule is Cc1noc(C)c1CNc1ccc([N+](=O)[O-])c(C#N)c1. The third kappa shape index (κ3) is 2.59. The number of nitro groups is 1. The van der Waals surface area contributed by atoms with Gasteiger partial charge in [-0.1, -0.05) is 5.16 Å². The van der Waals surface area contributed by atoms with Crippen molar-refractivity contribution >= 4 is 11.4 Å². The van der Waals surface area contributed by atoms with E-state index in [-0.39, 0.29) is 11.3 Å². The van der Waals surface area contributed by atoms with Gasteiger partial charge in [0.2, 0.25) is 0 Å². The van der Waals surface area contributed by atoms with E-state index in [1.54, 1.807) is 6.07 Å². The number of hydrogen-bond acceptors (Lipinski definition) is 6. The Balaban J connectivity index is 2.19. The lowest BCUT2D eigenvalue weighted by molar-refractivity contribution is -0.385. The molecule has 2 rings (SSSR count). The maximum atomic E-state index is 10.7. The average Bonchev–Trinajstić information content (AvgIpc) is 2.75. The van der Waals surface area contributed by atoms with Crippen molar-refractivity contribution in [3.05, 3.63) is 50.9 Å². The first kappa shape index (κ1) is 13.5. The van der Waals surface area contributed by atoms with E-state index in [0.29, 0.717) is 12.2 Å². The smallest absolute Gasteiger partial charge is 0.287 e. The third-order valence-electron chi connectivity index (χ3n) is 2.96. The Morgan fingerprint density at radius 3 is 2.80 bits per heavy atom. The van der Waals surface area contributed by atoms with Crippen molar-refractivity contribution in [2.24, 2.45) is 0 Å². The highest BCUT2D eigenvalue weighted by Gasteiger charge is 2.14. The van der Waals surface area contributed by atoms with Gasteiger partial charge < -0.3 is 9.84 Å². The molecule has 1 aromatic heterocycles. The van der Waals surface area contributed by atoms with Gasteiger partial charge in [-0.05, 0) is 26.0 Å². The number of nitrogens with zero attached hydrogens (tertiary/aromatic N) is 3. The van der Waals surface area contributed by atoms with Crippen LogP contribution in [-0.4, -0.2) is 10.1 Å². The van der Waals surface area contributed by atoms with Crippen LogP contribution in [0.5, 0.6) is 0 Å². The summed E-state index contributed by atoms with van der Waals surface area (Å²) < 4.78 is 5.05. The molecule has 1 heterocycles. The van der Waals surface area contributed by atoms with Crippen LogP contribution in [0.25, 0.3) is 0 Å². The highest BCUT2D eigenvalue weighted by Crippen LogP contribution is 2.23. The summed E-state index contributed by atoms with van der Waals surface area (Å²) in [4.78, 5) is 10.2. The molecule has 1 N–H and O–H groups in total. The molecule has 1 aromatic carbocycles. The number of hydrogen-bond donors (Lipinski definition) is 1. The van der Waals surface area contributed by atoms with Crippen molar-refractivity contribution in [2.45, 2.75) is 20.4 Å². The van der Waals surface area contributed by atoms with Crippen LogP contribution in [0.3, 0.4) is 0 Å². The highest BCUT2D eigenvalue weighted by molar-refractivity contribution is 5.58. The van der Waals surface area contributed by atoms with Gasteiger partial charge in [-0.2, -0.15) is 5.26 Å². The number of rotatable bonds is 4. The Kier molecular flexibility index (Phi) is 3.66. The molecule has 0 atom stereocenters. The van der Waals surface area contributed by atoms with Crippen LogP contribution >= 0.6 is 0 Å². The zero-order chi connectivity index (χ0) is 14.7. The summed E-state index contributed by atoms with van der Waals surface area (Å²) in [7, 11) is 0. The normalized spacial score (nSPS) is 10.1. The molecule has 0 saturated carbocycles. The predicted octanol–water partition coefficient (Wildman–Crippen LogP) is 2.68. The average molecular weight is 272 g/mol. The van der Waals surface area contributed by atoms with Gasteiger partial charge in [0.25, 0.3) is 5.69 Å². The van der Waals surface area contributed by atoms with Crippen LogP contribution in [-0.2, 0) is 6.54 Å². The highest BCUT2D eigenvalue weighted by atomic mass is 16.6. The van der Waals surface area contributed by atoms with Crippen LogP contribution in [0, 0.1) is 35.3 Å². The summed E-state index contributed by atoms with van der Waals surface area (Å²) in [6.07, 6.45) is 0. The number of nitriles is 1. The molecule has 0 unspecified atom stereocenters. The maximum absolute atomic E-state index is 10.7. The zero-order valence-corrected chi connectivity index (χ0v) is 11.0. The van der Waals surface area contributed by atoms with Crippen LogP contribution < -0.4 is 5.32 Å². The molecule has 7 nitrogen and oxygen atoms in total. The minimum atomic E-state index is -0.573. The fraction of sp³-hybridized carbons (Fsp3) is 0.231. The van der Waals surface area contributed by atoms with Crippen LogP contribution in [0.15, 0.2) is 22.7 Å². The summed E-state index contributed by atoms with van der Waals surface area (Å²) in [5.41, 5.74) is 2.18. The molecule has 0 radical (unpaired) electrons. The molecule has 0 aliphatic rings. The summed E-state index contributed by atoms with van der Waals surface area (Å²) in [5.74, 6) is 0.720. The van der Waals surface area contributed by atoms with Crippen LogP contribution in [0.4, 0.5) is 11.4 Å². The predicted molar refractivity (Wildman–Crippen MR) is 71.1 cm³/mol. The molecule has 2 aromatic rings. The Morgan fingerprint density at radius 2 is 2.25 bits per heavy atom. The molecule has 0 aliphatic heterocycles. The van der Waals surface area contributed by atoms with Gasteiger partial charge in [0.05, 0.1) is 10.6 Å². The van der Waals surface area contributed by atoms with Gasteiger partial charge in [0.15, 0.2) is 0 Å². The lowest BCUT2D eigenvalue weighted by Crippen LogP contribution is -2.02. The maximum Gasteiger partial charge on any atom is 0.287 e. The quantitative estimate of drug-likeness (QED) is 0.677. The lowest BCUT2D eigenvalue weighted by Gasteiger charge is -2.06. The van der Waals surface area contributed by atoms with E-state index in [0.717, 1.165) is 17.0 Å². The Morgan fingerprint density at radius 1 is 1.50 bits per heavy atom. The second-order valence-corrected chi connectivity index (χ2v) is 4.26. The number of aromatic nitrogens is 1. The van der Waals surface area contributed by atoms with E-state index >= 15 is 0 Å². The second kappa shape index (κ2) is 5.40. The fourth-order valence-electron chi connectivity index (χ4n) is 1.84. The molecule has 102 valence electrons. The summed E-state index contributed by atoms with van der Waals surface area (Å²) in [6, 6.07) is 6.16. The largest absolute Gasteiger partial charge is 0.381 e. The van der Waals surface area contributed by atoms with Gasteiger partial charge in [0.1, 0.15) is 17.4 Å². The molecule has 0 bridgehead atoms. The fourth-order valence-corrected chi connectivity index (χ4v) is 1.84. The number of nitrogens with one attached hydrogen (secondary N) is 1. The number of benzene rings is 1. The Bertz CT molecular complexity index is 681. The van der Waals surface area contributed by atoms with Crippen LogP contribution in [0.2, 0.25) is 0 Å². The first-order valence-corrected chi connectivity index (χ1v) is 5.87. The molecule has 7 heteroatoms. The first-order valence-electron chi connectivity index (χ1n) is 5.87. The van der Waals surface area contributed by atoms with Crippen molar-refractivity contribution < 1.29 is 9.45 Å². The van der Waals surface area contributed by atoms with Crippen molar-refractivity contribution in [1.29, 1.82) is 5.26 Å². The van der Waals surface area contributed by atoms with Crippen LogP contribution in [0.1, 0.15) is 22.6 Å². The Hall–Kier alpha value is -2.88. The van der Waals surface area contributed by atoms with E-state index in [9.17, 15) is 10.1 Å². The zero-order valence-electron chi connectivity index (χ0n) is 11.0.